The maximum atomic E-state index is 9.57. The number of hydrogen-bond acceptors (Lipinski definition) is 4. The lowest BCUT2D eigenvalue weighted by molar-refractivity contribution is 0.0573. The molecule has 2 atom stereocenters. The van der Waals surface area contributed by atoms with Crippen LogP contribution in [0.2, 0.25) is 0 Å². The van der Waals surface area contributed by atoms with Crippen LogP contribution < -0.4 is 5.73 Å². The minimum atomic E-state index is -0.00407. The zero-order valence-electron chi connectivity index (χ0n) is 12.0. The molecule has 0 amide bonds. The summed E-state index contributed by atoms with van der Waals surface area (Å²) in [5.41, 5.74) is 6.18. The quantitative estimate of drug-likeness (QED) is 0.635. The maximum Gasteiger partial charge on any atom is 0.0602 e. The number of nitrogens with zero attached hydrogens (tertiary/aromatic N) is 1. The third-order valence-corrected chi connectivity index (χ3v) is 3.05. The van der Waals surface area contributed by atoms with E-state index in [2.05, 4.69) is 32.6 Å². The first-order valence-corrected chi connectivity index (χ1v) is 6.53. The molecule has 104 valence electrons. The fourth-order valence-electron chi connectivity index (χ4n) is 1.99. The molecule has 0 aromatic heterocycles. The first kappa shape index (κ1) is 16.8. The van der Waals surface area contributed by atoms with Crippen molar-refractivity contribution in [1.82, 2.24) is 4.90 Å². The molecule has 0 radical (unpaired) electrons. The van der Waals surface area contributed by atoms with Crippen LogP contribution in [0.25, 0.3) is 0 Å². The smallest absolute Gasteiger partial charge is 0.0602 e. The standard InChI is InChI=1S/C13H30N2O2/c1-10(2)8-15(6-7-17-5)12(9-16)13(14)11(3)4/h10-13,16H,6-9,14H2,1-5H3. The SMILES string of the molecule is COCCN(CC(C)C)C(CO)C(N)C(C)C. The van der Waals surface area contributed by atoms with Gasteiger partial charge < -0.3 is 15.6 Å². The largest absolute Gasteiger partial charge is 0.395 e. The zero-order valence-corrected chi connectivity index (χ0v) is 12.0. The summed E-state index contributed by atoms with van der Waals surface area (Å²) in [5, 5.41) is 9.57. The van der Waals surface area contributed by atoms with Crippen molar-refractivity contribution in [3.8, 4) is 0 Å². The van der Waals surface area contributed by atoms with E-state index < -0.39 is 0 Å². The number of ether oxygens (including phenoxy) is 1. The van der Waals surface area contributed by atoms with Gasteiger partial charge >= 0.3 is 0 Å². The molecule has 0 saturated carbocycles. The van der Waals surface area contributed by atoms with E-state index in [0.717, 1.165) is 13.1 Å². The van der Waals surface area contributed by atoms with Crippen LogP contribution in [-0.2, 0) is 4.74 Å². The van der Waals surface area contributed by atoms with Crippen LogP contribution in [0, 0.1) is 11.8 Å². The van der Waals surface area contributed by atoms with Crippen LogP contribution in [0.15, 0.2) is 0 Å². The van der Waals surface area contributed by atoms with Gasteiger partial charge in [0.25, 0.3) is 0 Å². The molecular weight excluding hydrogens is 216 g/mol. The van der Waals surface area contributed by atoms with E-state index in [1.54, 1.807) is 7.11 Å². The molecule has 17 heavy (non-hydrogen) atoms. The molecule has 2 unspecified atom stereocenters. The van der Waals surface area contributed by atoms with E-state index >= 15 is 0 Å². The molecule has 0 bridgehead atoms. The highest BCUT2D eigenvalue weighted by Gasteiger charge is 2.26. The molecule has 0 heterocycles. The lowest BCUT2D eigenvalue weighted by Crippen LogP contribution is -2.54. The van der Waals surface area contributed by atoms with Gasteiger partial charge in [-0.05, 0) is 11.8 Å². The van der Waals surface area contributed by atoms with Gasteiger partial charge in [0.15, 0.2) is 0 Å². The van der Waals surface area contributed by atoms with Crippen LogP contribution in [0.4, 0.5) is 0 Å². The van der Waals surface area contributed by atoms with Gasteiger partial charge in [-0.15, -0.1) is 0 Å². The summed E-state index contributed by atoms with van der Waals surface area (Å²) >= 11 is 0. The van der Waals surface area contributed by atoms with Crippen LogP contribution in [0.3, 0.4) is 0 Å². The first-order chi connectivity index (χ1) is 7.93. The Hall–Kier alpha value is -0.160. The predicted molar refractivity (Wildman–Crippen MR) is 72.0 cm³/mol. The van der Waals surface area contributed by atoms with Crippen molar-refractivity contribution in [3.63, 3.8) is 0 Å². The fraction of sp³-hybridized carbons (Fsp3) is 1.00. The number of aliphatic hydroxyl groups excluding tert-OH is 1. The average Bonchev–Trinajstić information content (AvgIpc) is 2.25. The third-order valence-electron chi connectivity index (χ3n) is 3.05. The Balaban J connectivity index is 4.58. The third kappa shape index (κ3) is 6.36. The lowest BCUT2D eigenvalue weighted by atomic mass is 9.96. The zero-order chi connectivity index (χ0) is 13.4. The van der Waals surface area contributed by atoms with Gasteiger partial charge in [0.1, 0.15) is 0 Å². The Morgan fingerprint density at radius 3 is 2.18 bits per heavy atom. The van der Waals surface area contributed by atoms with E-state index in [9.17, 15) is 5.11 Å². The van der Waals surface area contributed by atoms with Gasteiger partial charge in [-0.3, -0.25) is 4.90 Å². The molecule has 0 aliphatic heterocycles. The molecule has 0 saturated heterocycles. The van der Waals surface area contributed by atoms with Gasteiger partial charge in [0, 0.05) is 32.3 Å². The van der Waals surface area contributed by atoms with Gasteiger partial charge in [0.05, 0.1) is 13.2 Å². The topological polar surface area (TPSA) is 58.7 Å². The maximum absolute atomic E-state index is 9.57. The Morgan fingerprint density at radius 1 is 1.24 bits per heavy atom. The van der Waals surface area contributed by atoms with Crippen molar-refractivity contribution in [3.05, 3.63) is 0 Å². The van der Waals surface area contributed by atoms with Crippen molar-refractivity contribution in [2.24, 2.45) is 17.6 Å². The van der Waals surface area contributed by atoms with Crippen LogP contribution in [0.1, 0.15) is 27.7 Å². The van der Waals surface area contributed by atoms with Crippen molar-refractivity contribution in [2.45, 2.75) is 39.8 Å². The minimum absolute atomic E-state index is 0.00407. The molecule has 4 heteroatoms. The molecule has 0 aliphatic rings. The van der Waals surface area contributed by atoms with Crippen LogP contribution >= 0.6 is 0 Å². The Labute approximate surface area is 106 Å². The molecule has 0 aliphatic carbocycles. The molecule has 0 spiro atoms. The van der Waals surface area contributed by atoms with E-state index in [1.165, 1.54) is 0 Å². The summed E-state index contributed by atoms with van der Waals surface area (Å²) in [5.74, 6) is 0.921. The number of methoxy groups -OCH3 is 1. The van der Waals surface area contributed by atoms with Crippen molar-refractivity contribution in [2.75, 3.05) is 33.4 Å². The average molecular weight is 246 g/mol. The second kappa shape index (κ2) is 8.86. The summed E-state index contributed by atoms with van der Waals surface area (Å²) in [6, 6.07) is 0.0168. The highest BCUT2D eigenvalue weighted by Crippen LogP contribution is 2.12. The van der Waals surface area contributed by atoms with Crippen LogP contribution in [0.5, 0.6) is 0 Å². The van der Waals surface area contributed by atoms with Gasteiger partial charge in [-0.25, -0.2) is 0 Å². The number of nitrogens with two attached hydrogens (primary N) is 1. The van der Waals surface area contributed by atoms with Crippen LogP contribution in [-0.4, -0.2) is 55.5 Å². The summed E-state index contributed by atoms with van der Waals surface area (Å²) in [6.45, 7) is 11.1. The highest BCUT2D eigenvalue weighted by molar-refractivity contribution is 4.84. The van der Waals surface area contributed by atoms with Crippen molar-refractivity contribution < 1.29 is 9.84 Å². The summed E-state index contributed by atoms with van der Waals surface area (Å²) in [7, 11) is 1.70. The van der Waals surface area contributed by atoms with Crippen molar-refractivity contribution in [1.29, 1.82) is 0 Å². The number of rotatable bonds is 9. The highest BCUT2D eigenvalue weighted by atomic mass is 16.5. The molecule has 0 aromatic rings. The predicted octanol–water partition coefficient (Wildman–Crippen LogP) is 0.935. The van der Waals surface area contributed by atoms with E-state index in [0.29, 0.717) is 18.4 Å². The first-order valence-electron chi connectivity index (χ1n) is 6.53. The Kier molecular flexibility index (Phi) is 8.78. The summed E-state index contributed by atoms with van der Waals surface area (Å²) < 4.78 is 5.12. The van der Waals surface area contributed by atoms with Crippen molar-refractivity contribution >= 4 is 0 Å². The Bertz CT molecular complexity index is 186. The van der Waals surface area contributed by atoms with E-state index in [1.807, 2.05) is 0 Å². The molecule has 3 N–H and O–H groups in total. The second-order valence-corrected chi connectivity index (χ2v) is 5.45. The molecule has 0 aromatic carbocycles. The number of hydrogen-bond donors (Lipinski definition) is 2. The Morgan fingerprint density at radius 2 is 1.82 bits per heavy atom. The normalized spacial score (nSPS) is 15.9. The second-order valence-electron chi connectivity index (χ2n) is 5.45. The molecular formula is C13H30N2O2. The lowest BCUT2D eigenvalue weighted by Gasteiger charge is -2.36. The minimum Gasteiger partial charge on any atom is -0.395 e. The van der Waals surface area contributed by atoms with Gasteiger partial charge in [-0.2, -0.15) is 0 Å². The fourth-order valence-corrected chi connectivity index (χ4v) is 1.99. The summed E-state index contributed by atoms with van der Waals surface area (Å²) in [4.78, 5) is 2.25. The summed E-state index contributed by atoms with van der Waals surface area (Å²) in [6.07, 6.45) is 0. The number of aliphatic hydroxyl groups is 1. The van der Waals surface area contributed by atoms with Gasteiger partial charge in [0.2, 0.25) is 0 Å². The van der Waals surface area contributed by atoms with E-state index in [-0.39, 0.29) is 18.7 Å². The molecule has 0 fully saturated rings. The monoisotopic (exact) mass is 246 g/mol. The van der Waals surface area contributed by atoms with Gasteiger partial charge in [-0.1, -0.05) is 27.7 Å². The van der Waals surface area contributed by atoms with E-state index in [4.69, 9.17) is 10.5 Å². The molecule has 0 rings (SSSR count). The molecule has 4 nitrogen and oxygen atoms in total.